The lowest BCUT2D eigenvalue weighted by Gasteiger charge is -2.47. The summed E-state index contributed by atoms with van der Waals surface area (Å²) in [5.74, 6) is 1.00. The minimum atomic E-state index is 0.232. The van der Waals surface area contributed by atoms with E-state index in [1.54, 1.807) is 6.20 Å². The highest BCUT2D eigenvalue weighted by Gasteiger charge is 2.39. The molecule has 1 saturated heterocycles. The van der Waals surface area contributed by atoms with Gasteiger partial charge in [0.25, 0.3) is 0 Å². The van der Waals surface area contributed by atoms with Gasteiger partial charge < -0.3 is 10.6 Å². The van der Waals surface area contributed by atoms with Gasteiger partial charge in [0.1, 0.15) is 11.9 Å². The lowest BCUT2D eigenvalue weighted by Crippen LogP contribution is -2.55. The Bertz CT molecular complexity index is 465. The van der Waals surface area contributed by atoms with E-state index >= 15 is 0 Å². The van der Waals surface area contributed by atoms with Gasteiger partial charge in [0.15, 0.2) is 0 Å². The molecule has 2 fully saturated rings. The summed E-state index contributed by atoms with van der Waals surface area (Å²) in [6.07, 6.45) is 6.58. The van der Waals surface area contributed by atoms with Gasteiger partial charge in [-0.1, -0.05) is 0 Å². The number of anilines is 1. The Morgan fingerprint density at radius 1 is 1.39 bits per heavy atom. The van der Waals surface area contributed by atoms with Crippen molar-refractivity contribution in [1.29, 1.82) is 5.26 Å². The molecule has 0 aromatic carbocycles. The van der Waals surface area contributed by atoms with Crippen molar-refractivity contribution < 1.29 is 0 Å². The van der Waals surface area contributed by atoms with Gasteiger partial charge in [-0.15, -0.1) is 0 Å². The molecule has 18 heavy (non-hydrogen) atoms. The molecule has 0 atom stereocenters. The van der Waals surface area contributed by atoms with E-state index in [-0.39, 0.29) is 5.82 Å². The van der Waals surface area contributed by atoms with E-state index in [1.165, 1.54) is 38.8 Å². The predicted molar refractivity (Wildman–Crippen MR) is 67.9 cm³/mol. The number of nitrogens with one attached hydrogen (secondary N) is 2. The van der Waals surface area contributed by atoms with Gasteiger partial charge in [-0.25, -0.2) is 9.97 Å². The molecule has 3 rings (SSSR count). The van der Waals surface area contributed by atoms with Crippen molar-refractivity contribution in [3.05, 3.63) is 18.1 Å². The largest absolute Gasteiger partial charge is 0.367 e. The molecule has 2 heterocycles. The summed E-state index contributed by atoms with van der Waals surface area (Å²) >= 11 is 0. The second-order valence-corrected chi connectivity index (χ2v) is 5.40. The van der Waals surface area contributed by atoms with E-state index in [1.807, 2.05) is 12.1 Å². The van der Waals surface area contributed by atoms with Crippen molar-refractivity contribution in [3.8, 4) is 6.07 Å². The van der Waals surface area contributed by atoms with E-state index < -0.39 is 0 Å². The van der Waals surface area contributed by atoms with Crippen molar-refractivity contribution in [3.63, 3.8) is 0 Å². The smallest absolute Gasteiger partial charge is 0.234 e. The second-order valence-electron chi connectivity index (χ2n) is 5.40. The van der Waals surface area contributed by atoms with Crippen LogP contribution in [0.3, 0.4) is 0 Å². The Kier molecular flexibility index (Phi) is 2.88. The minimum absolute atomic E-state index is 0.232. The average molecular weight is 243 g/mol. The van der Waals surface area contributed by atoms with E-state index in [0.717, 1.165) is 5.82 Å². The fraction of sp³-hybridized carbons (Fsp3) is 0.615. The maximum absolute atomic E-state index is 8.77. The summed E-state index contributed by atoms with van der Waals surface area (Å²) in [6, 6.07) is 4.28. The topological polar surface area (TPSA) is 73.6 Å². The maximum atomic E-state index is 8.77. The summed E-state index contributed by atoms with van der Waals surface area (Å²) in [4.78, 5) is 8.04. The van der Waals surface area contributed by atoms with Crippen LogP contribution in [0, 0.1) is 16.7 Å². The van der Waals surface area contributed by atoms with Crippen LogP contribution in [0.4, 0.5) is 5.82 Å². The van der Waals surface area contributed by atoms with Crippen LogP contribution in [-0.4, -0.2) is 29.1 Å². The van der Waals surface area contributed by atoms with Crippen LogP contribution in [0.2, 0.25) is 0 Å². The first-order valence-corrected chi connectivity index (χ1v) is 6.50. The number of hydrogen-bond acceptors (Lipinski definition) is 5. The first-order chi connectivity index (χ1) is 8.80. The Balaban J connectivity index is 1.59. The molecule has 2 N–H and O–H groups in total. The summed E-state index contributed by atoms with van der Waals surface area (Å²) in [6.45, 7) is 2.37. The standard InChI is InChI=1S/C13H17N5/c14-7-12-16-6-3-11(18-12)17-10-1-4-13(5-2-10)8-15-9-13/h3,6,10,15H,1-2,4-5,8-9H2,(H,16,17,18). The third kappa shape index (κ3) is 2.16. The molecule has 5 heteroatoms. The van der Waals surface area contributed by atoms with Crippen LogP contribution < -0.4 is 10.6 Å². The average Bonchev–Trinajstić information content (AvgIpc) is 2.38. The second kappa shape index (κ2) is 4.54. The minimum Gasteiger partial charge on any atom is -0.367 e. The monoisotopic (exact) mass is 243 g/mol. The Morgan fingerprint density at radius 3 is 2.78 bits per heavy atom. The zero-order valence-electron chi connectivity index (χ0n) is 10.3. The van der Waals surface area contributed by atoms with Gasteiger partial charge in [-0.3, -0.25) is 0 Å². The van der Waals surface area contributed by atoms with E-state index in [2.05, 4.69) is 20.6 Å². The van der Waals surface area contributed by atoms with Crippen LogP contribution in [0.1, 0.15) is 31.5 Å². The first-order valence-electron chi connectivity index (χ1n) is 6.50. The predicted octanol–water partition coefficient (Wildman–Crippen LogP) is 1.29. The van der Waals surface area contributed by atoms with E-state index in [0.29, 0.717) is 11.5 Å². The zero-order valence-corrected chi connectivity index (χ0v) is 10.3. The van der Waals surface area contributed by atoms with Crippen molar-refractivity contribution in [2.24, 2.45) is 5.41 Å². The van der Waals surface area contributed by atoms with Gasteiger partial charge in [0.2, 0.25) is 5.82 Å². The van der Waals surface area contributed by atoms with Gasteiger partial charge in [-0.05, 0) is 37.2 Å². The van der Waals surface area contributed by atoms with Gasteiger partial charge >= 0.3 is 0 Å². The molecule has 94 valence electrons. The lowest BCUT2D eigenvalue weighted by atomic mass is 9.68. The maximum Gasteiger partial charge on any atom is 0.234 e. The van der Waals surface area contributed by atoms with Crippen molar-refractivity contribution in [2.45, 2.75) is 31.7 Å². The normalized spacial score (nSPS) is 22.2. The summed E-state index contributed by atoms with van der Waals surface area (Å²) in [7, 11) is 0. The summed E-state index contributed by atoms with van der Waals surface area (Å²) in [5.41, 5.74) is 0.585. The lowest BCUT2D eigenvalue weighted by molar-refractivity contribution is 0.102. The highest BCUT2D eigenvalue weighted by molar-refractivity contribution is 5.36. The van der Waals surface area contributed by atoms with Crippen molar-refractivity contribution in [1.82, 2.24) is 15.3 Å². The Morgan fingerprint density at radius 2 is 2.17 bits per heavy atom. The van der Waals surface area contributed by atoms with E-state index in [9.17, 15) is 0 Å². The molecule has 1 saturated carbocycles. The molecule has 2 aliphatic rings. The SMILES string of the molecule is N#Cc1nccc(NC2CCC3(CC2)CNC3)n1. The third-order valence-corrected chi connectivity index (χ3v) is 4.15. The number of rotatable bonds is 2. The molecular formula is C13H17N5. The number of nitrogens with zero attached hydrogens (tertiary/aromatic N) is 3. The highest BCUT2D eigenvalue weighted by Crippen LogP contribution is 2.39. The molecule has 1 aromatic rings. The zero-order chi connectivity index (χ0) is 12.4. The molecule has 1 aliphatic carbocycles. The Labute approximate surface area is 107 Å². The van der Waals surface area contributed by atoms with Gasteiger partial charge in [0.05, 0.1) is 0 Å². The Hall–Kier alpha value is -1.67. The molecule has 0 unspecified atom stereocenters. The van der Waals surface area contributed by atoms with Crippen LogP contribution in [0.5, 0.6) is 0 Å². The molecule has 5 nitrogen and oxygen atoms in total. The quantitative estimate of drug-likeness (QED) is 0.819. The van der Waals surface area contributed by atoms with E-state index in [4.69, 9.17) is 5.26 Å². The highest BCUT2D eigenvalue weighted by atomic mass is 15.1. The first kappa shape index (κ1) is 11.4. The van der Waals surface area contributed by atoms with Gasteiger partial charge in [-0.2, -0.15) is 5.26 Å². The molecule has 0 radical (unpaired) electrons. The third-order valence-electron chi connectivity index (χ3n) is 4.15. The van der Waals surface area contributed by atoms with Crippen LogP contribution in [0.25, 0.3) is 0 Å². The molecule has 1 aromatic heterocycles. The number of aromatic nitrogens is 2. The fourth-order valence-electron chi connectivity index (χ4n) is 2.91. The molecule has 0 bridgehead atoms. The summed E-state index contributed by atoms with van der Waals surface area (Å²) in [5, 5.41) is 15.6. The summed E-state index contributed by atoms with van der Waals surface area (Å²) < 4.78 is 0. The molecular weight excluding hydrogens is 226 g/mol. The van der Waals surface area contributed by atoms with Crippen molar-refractivity contribution in [2.75, 3.05) is 18.4 Å². The van der Waals surface area contributed by atoms with Crippen LogP contribution >= 0.6 is 0 Å². The molecule has 1 aliphatic heterocycles. The van der Waals surface area contributed by atoms with Crippen molar-refractivity contribution >= 4 is 5.82 Å². The number of nitriles is 1. The number of hydrogen-bond donors (Lipinski definition) is 2. The van der Waals surface area contributed by atoms with Crippen LogP contribution in [-0.2, 0) is 0 Å². The molecule has 0 amide bonds. The van der Waals surface area contributed by atoms with Gasteiger partial charge in [0, 0.05) is 25.3 Å². The fourth-order valence-corrected chi connectivity index (χ4v) is 2.91. The molecule has 1 spiro atoms. The van der Waals surface area contributed by atoms with Crippen LogP contribution in [0.15, 0.2) is 12.3 Å².